The second-order valence-electron chi connectivity index (χ2n) is 8.99. The van der Waals surface area contributed by atoms with Gasteiger partial charge in [-0.2, -0.15) is 0 Å². The predicted octanol–water partition coefficient (Wildman–Crippen LogP) is 2.13. The lowest BCUT2D eigenvalue weighted by molar-refractivity contribution is -0.136. The van der Waals surface area contributed by atoms with Crippen molar-refractivity contribution in [3.05, 3.63) is 52.8 Å². The Kier molecular flexibility index (Phi) is 5.93. The number of benzene rings is 1. The van der Waals surface area contributed by atoms with Gasteiger partial charge in [0.25, 0.3) is 5.91 Å². The van der Waals surface area contributed by atoms with E-state index in [1.807, 2.05) is 19.9 Å². The van der Waals surface area contributed by atoms with Gasteiger partial charge in [0.05, 0.1) is 0 Å². The standard InChI is InChI=1S/C24H29N7O2S/c1-15-13-16(2)26-22(25-15)34-12-11-31-19-20(28(3)24(33)29(4)21(19)32)27-23(31)30-10-9-17-7-5-6-8-18(17)14-30/h5-8,13,19-20H,9-12,14H2,1-4H3. The topological polar surface area (TPSA) is 85.2 Å². The summed E-state index contributed by atoms with van der Waals surface area (Å²) in [6.07, 6.45) is 0.400. The van der Waals surface area contributed by atoms with Crippen molar-refractivity contribution in [3.8, 4) is 0 Å². The van der Waals surface area contributed by atoms with Gasteiger partial charge in [-0.15, -0.1) is 0 Å². The lowest BCUT2D eigenvalue weighted by Gasteiger charge is -2.41. The molecule has 0 aliphatic carbocycles. The van der Waals surface area contributed by atoms with Crippen LogP contribution in [-0.2, 0) is 17.8 Å². The molecule has 1 saturated heterocycles. The van der Waals surface area contributed by atoms with Crippen molar-refractivity contribution in [2.45, 2.75) is 44.2 Å². The molecular weight excluding hydrogens is 450 g/mol. The molecule has 2 atom stereocenters. The molecule has 4 heterocycles. The molecule has 0 radical (unpaired) electrons. The Bertz CT molecular complexity index is 1150. The van der Waals surface area contributed by atoms with E-state index in [0.717, 1.165) is 42.0 Å². The fraction of sp³-hybridized carbons (Fsp3) is 0.458. The van der Waals surface area contributed by atoms with Gasteiger partial charge in [-0.25, -0.2) is 19.8 Å². The number of imide groups is 1. The summed E-state index contributed by atoms with van der Waals surface area (Å²) in [6, 6.07) is 9.56. The van der Waals surface area contributed by atoms with Crippen molar-refractivity contribution >= 4 is 29.7 Å². The Morgan fingerprint density at radius 1 is 1.06 bits per heavy atom. The highest BCUT2D eigenvalue weighted by atomic mass is 32.2. The van der Waals surface area contributed by atoms with E-state index >= 15 is 0 Å². The first kappa shape index (κ1) is 22.6. The molecule has 1 aromatic heterocycles. The van der Waals surface area contributed by atoms with E-state index in [1.54, 1.807) is 30.8 Å². The van der Waals surface area contributed by atoms with E-state index in [9.17, 15) is 9.59 Å². The second kappa shape index (κ2) is 8.90. The molecule has 3 amide bonds. The molecule has 1 aromatic carbocycles. The Hall–Kier alpha value is -3.14. The lowest BCUT2D eigenvalue weighted by atomic mass is 10.0. The molecule has 0 bridgehead atoms. The number of aliphatic imine (C=N–C) groups is 1. The molecule has 2 aromatic rings. The van der Waals surface area contributed by atoms with E-state index in [1.165, 1.54) is 16.0 Å². The monoisotopic (exact) mass is 479 g/mol. The third-order valence-corrected chi connectivity index (χ3v) is 7.46. The third-order valence-electron chi connectivity index (χ3n) is 6.63. The molecule has 2 unspecified atom stereocenters. The van der Waals surface area contributed by atoms with Crippen molar-refractivity contribution < 1.29 is 9.59 Å². The van der Waals surface area contributed by atoms with Crippen LogP contribution in [0.2, 0.25) is 0 Å². The highest BCUT2D eigenvalue weighted by Crippen LogP contribution is 2.31. The van der Waals surface area contributed by atoms with Crippen molar-refractivity contribution in [2.24, 2.45) is 4.99 Å². The van der Waals surface area contributed by atoms with E-state index in [-0.39, 0.29) is 11.9 Å². The molecule has 3 aliphatic heterocycles. The molecule has 1 fully saturated rings. The predicted molar refractivity (Wildman–Crippen MR) is 130 cm³/mol. The summed E-state index contributed by atoms with van der Waals surface area (Å²) in [5.74, 6) is 1.27. The van der Waals surface area contributed by atoms with Gasteiger partial charge < -0.3 is 14.7 Å². The van der Waals surface area contributed by atoms with Gasteiger partial charge in [-0.05, 0) is 37.5 Å². The normalized spacial score (nSPS) is 22.2. The summed E-state index contributed by atoms with van der Waals surface area (Å²) in [5.41, 5.74) is 4.51. The van der Waals surface area contributed by atoms with E-state index < -0.39 is 12.2 Å². The van der Waals surface area contributed by atoms with Crippen molar-refractivity contribution in [1.29, 1.82) is 0 Å². The number of aryl methyl sites for hydroxylation is 2. The van der Waals surface area contributed by atoms with Crippen molar-refractivity contribution in [1.82, 2.24) is 29.6 Å². The SMILES string of the molecule is Cc1cc(C)nc(SCCN2C(N3CCc4ccccc4C3)=NC3C2C(=O)N(C)C(=O)N3C)n1. The minimum absolute atomic E-state index is 0.211. The highest BCUT2D eigenvalue weighted by molar-refractivity contribution is 7.99. The molecular formula is C24H29N7O2S. The third kappa shape index (κ3) is 4.00. The van der Waals surface area contributed by atoms with Gasteiger partial charge in [-0.1, -0.05) is 36.0 Å². The smallest absolute Gasteiger partial charge is 0.328 e. The van der Waals surface area contributed by atoms with Crippen molar-refractivity contribution in [3.63, 3.8) is 0 Å². The number of fused-ring (bicyclic) bond motifs is 2. The van der Waals surface area contributed by atoms with Crippen LogP contribution < -0.4 is 0 Å². The summed E-state index contributed by atoms with van der Waals surface area (Å²) in [4.78, 5) is 46.9. The van der Waals surface area contributed by atoms with E-state index in [4.69, 9.17) is 4.99 Å². The number of nitrogens with zero attached hydrogens (tertiary/aromatic N) is 7. The molecule has 178 valence electrons. The molecule has 34 heavy (non-hydrogen) atoms. The fourth-order valence-corrected chi connectivity index (χ4v) is 5.80. The van der Waals surface area contributed by atoms with Crippen LogP contribution in [0.1, 0.15) is 22.5 Å². The first-order valence-corrected chi connectivity index (χ1v) is 12.5. The average molecular weight is 480 g/mol. The number of amides is 3. The second-order valence-corrected chi connectivity index (χ2v) is 10.1. The number of thioether (sulfide) groups is 1. The van der Waals surface area contributed by atoms with Gasteiger partial charge in [0.1, 0.15) is 0 Å². The summed E-state index contributed by atoms with van der Waals surface area (Å²) in [6.45, 7) is 6.08. The number of likely N-dealkylation sites (N-methyl/N-ethyl adjacent to an activating group) is 2. The summed E-state index contributed by atoms with van der Waals surface area (Å²) < 4.78 is 0. The quantitative estimate of drug-likeness (QED) is 0.491. The maximum absolute atomic E-state index is 13.2. The van der Waals surface area contributed by atoms with Gasteiger partial charge in [0.2, 0.25) is 0 Å². The summed E-state index contributed by atoms with van der Waals surface area (Å²) in [7, 11) is 3.26. The maximum Gasteiger partial charge on any atom is 0.328 e. The zero-order chi connectivity index (χ0) is 24.0. The number of hydrogen-bond donors (Lipinski definition) is 0. The summed E-state index contributed by atoms with van der Waals surface area (Å²) in [5, 5.41) is 0.734. The minimum atomic E-state index is -0.527. The lowest BCUT2D eigenvalue weighted by Crippen LogP contribution is -2.64. The first-order valence-electron chi connectivity index (χ1n) is 11.5. The molecule has 0 saturated carbocycles. The van der Waals surface area contributed by atoms with Crippen molar-refractivity contribution in [2.75, 3.05) is 32.9 Å². The molecule has 5 rings (SSSR count). The Morgan fingerprint density at radius 2 is 1.76 bits per heavy atom. The van der Waals surface area contributed by atoms with Crippen LogP contribution in [-0.4, -0.2) is 92.6 Å². The number of urea groups is 1. The Labute approximate surface area is 203 Å². The zero-order valence-electron chi connectivity index (χ0n) is 19.9. The molecule has 9 nitrogen and oxygen atoms in total. The zero-order valence-corrected chi connectivity index (χ0v) is 20.7. The average Bonchev–Trinajstić information content (AvgIpc) is 3.20. The Morgan fingerprint density at radius 3 is 2.50 bits per heavy atom. The van der Waals surface area contributed by atoms with E-state index in [2.05, 4.69) is 44.0 Å². The molecule has 10 heteroatoms. The van der Waals surface area contributed by atoms with Gasteiger partial charge in [0, 0.05) is 50.9 Å². The number of rotatable bonds is 4. The van der Waals surface area contributed by atoms with Crippen LogP contribution >= 0.6 is 11.8 Å². The summed E-state index contributed by atoms with van der Waals surface area (Å²) >= 11 is 1.57. The Balaban J connectivity index is 1.40. The molecule has 0 N–H and O–H groups in total. The maximum atomic E-state index is 13.2. The van der Waals surface area contributed by atoms with Gasteiger partial charge >= 0.3 is 6.03 Å². The number of aromatic nitrogens is 2. The van der Waals surface area contributed by atoms with Crippen LogP contribution in [0.15, 0.2) is 40.5 Å². The number of carbonyl (C=O) groups excluding carboxylic acids is 2. The highest BCUT2D eigenvalue weighted by Gasteiger charge is 2.52. The molecule has 3 aliphatic rings. The van der Waals surface area contributed by atoms with Crippen LogP contribution in [0.4, 0.5) is 4.79 Å². The van der Waals surface area contributed by atoms with Crippen LogP contribution in [0.25, 0.3) is 0 Å². The van der Waals surface area contributed by atoms with Gasteiger partial charge in [-0.3, -0.25) is 9.69 Å². The van der Waals surface area contributed by atoms with E-state index in [0.29, 0.717) is 12.3 Å². The fourth-order valence-electron chi connectivity index (χ4n) is 4.91. The van der Waals surface area contributed by atoms with Crippen LogP contribution in [0, 0.1) is 13.8 Å². The minimum Gasteiger partial charge on any atom is -0.338 e. The number of carbonyl (C=O) groups is 2. The first-order chi connectivity index (χ1) is 16.3. The number of guanidine groups is 1. The molecule has 0 spiro atoms. The largest absolute Gasteiger partial charge is 0.338 e. The number of hydrogen-bond acceptors (Lipinski definition) is 8. The van der Waals surface area contributed by atoms with Crippen LogP contribution in [0.3, 0.4) is 0 Å². The van der Waals surface area contributed by atoms with Gasteiger partial charge in [0.15, 0.2) is 23.3 Å². The van der Waals surface area contributed by atoms with Crippen LogP contribution in [0.5, 0.6) is 0 Å².